The molecule has 2 nitrogen and oxygen atoms in total. The van der Waals surface area contributed by atoms with Crippen molar-refractivity contribution < 1.29 is 0 Å². The Bertz CT molecular complexity index is 1830. The van der Waals surface area contributed by atoms with Gasteiger partial charge in [0, 0.05) is 33.5 Å². The number of benzene rings is 5. The van der Waals surface area contributed by atoms with E-state index in [1.807, 2.05) is 0 Å². The van der Waals surface area contributed by atoms with Crippen molar-refractivity contribution in [1.29, 1.82) is 0 Å². The lowest BCUT2D eigenvalue weighted by Gasteiger charge is -2.27. The van der Waals surface area contributed by atoms with Gasteiger partial charge >= 0.3 is 0 Å². The lowest BCUT2D eigenvalue weighted by atomic mass is 10.0. The Kier molecular flexibility index (Phi) is 5.71. The average Bonchev–Trinajstić information content (AvgIpc) is 3.36. The molecule has 6 aromatic rings. The van der Waals surface area contributed by atoms with E-state index in [0.29, 0.717) is 0 Å². The van der Waals surface area contributed by atoms with Gasteiger partial charge < -0.3 is 9.47 Å². The van der Waals surface area contributed by atoms with Gasteiger partial charge in [-0.25, -0.2) is 0 Å². The Labute approximate surface area is 229 Å². The fourth-order valence-corrected chi connectivity index (χ4v) is 5.68. The molecule has 0 atom stereocenters. The lowest BCUT2D eigenvalue weighted by Crippen LogP contribution is -2.15. The molecule has 0 saturated carbocycles. The Morgan fingerprint density at radius 3 is 1.77 bits per heavy atom. The molecule has 186 valence electrons. The Balaban J connectivity index is 1.24. The van der Waals surface area contributed by atoms with Crippen LogP contribution in [0.4, 0.5) is 11.4 Å². The second-order valence-corrected chi connectivity index (χ2v) is 9.91. The summed E-state index contributed by atoms with van der Waals surface area (Å²) in [6.07, 6.45) is 9.31. The molecule has 0 saturated heterocycles. The Morgan fingerprint density at radius 1 is 0.538 bits per heavy atom. The molecule has 5 aromatic carbocycles. The molecule has 39 heavy (non-hydrogen) atoms. The van der Waals surface area contributed by atoms with Gasteiger partial charge in [-0.2, -0.15) is 0 Å². The molecule has 0 spiro atoms. The highest BCUT2D eigenvalue weighted by atomic mass is 15.1. The minimum atomic E-state index is 0.890. The summed E-state index contributed by atoms with van der Waals surface area (Å²) in [5, 5.41) is 2.56. The molecule has 1 aromatic heterocycles. The van der Waals surface area contributed by atoms with Crippen molar-refractivity contribution in [2.45, 2.75) is 6.42 Å². The first-order chi connectivity index (χ1) is 19.3. The first-order valence-corrected chi connectivity index (χ1v) is 13.4. The van der Waals surface area contributed by atoms with Crippen LogP contribution in [0.5, 0.6) is 0 Å². The Hall–Kier alpha value is -5.08. The highest BCUT2D eigenvalue weighted by molar-refractivity contribution is 6.09. The van der Waals surface area contributed by atoms with E-state index in [-0.39, 0.29) is 0 Å². The van der Waals surface area contributed by atoms with Crippen LogP contribution in [0.15, 0.2) is 158 Å². The summed E-state index contributed by atoms with van der Waals surface area (Å²) in [6.45, 7) is 4.37. The molecule has 0 amide bonds. The number of hydrogen-bond donors (Lipinski definition) is 0. The molecule has 0 bridgehead atoms. The minimum absolute atomic E-state index is 0.890. The number of hydrogen-bond acceptors (Lipinski definition) is 1. The fourth-order valence-electron chi connectivity index (χ4n) is 5.68. The van der Waals surface area contributed by atoms with Gasteiger partial charge in [-0.15, -0.1) is 0 Å². The molecular weight excluding hydrogens is 472 g/mol. The van der Waals surface area contributed by atoms with Crippen LogP contribution in [0.2, 0.25) is 0 Å². The molecule has 7 rings (SSSR count). The molecule has 1 aliphatic heterocycles. The van der Waals surface area contributed by atoms with Crippen molar-refractivity contribution in [3.63, 3.8) is 0 Å². The number of fused-ring (bicyclic) bond motifs is 4. The molecule has 1 aliphatic rings. The predicted molar refractivity (Wildman–Crippen MR) is 166 cm³/mol. The first-order valence-electron chi connectivity index (χ1n) is 13.4. The third-order valence-corrected chi connectivity index (χ3v) is 7.56. The second kappa shape index (κ2) is 9.66. The molecule has 0 aliphatic carbocycles. The van der Waals surface area contributed by atoms with Crippen molar-refractivity contribution in [3.8, 4) is 16.8 Å². The van der Waals surface area contributed by atoms with Crippen LogP contribution in [0.25, 0.3) is 38.6 Å². The van der Waals surface area contributed by atoms with Gasteiger partial charge in [0.05, 0.1) is 11.0 Å². The molecule has 2 heteroatoms. The van der Waals surface area contributed by atoms with Crippen LogP contribution >= 0.6 is 0 Å². The van der Waals surface area contributed by atoms with Crippen LogP contribution in [0, 0.1) is 0 Å². The number of nitrogens with zero attached hydrogens (tertiary/aromatic N) is 2. The highest BCUT2D eigenvalue weighted by Crippen LogP contribution is 2.36. The maximum absolute atomic E-state index is 4.37. The molecular formula is C37H28N2. The summed E-state index contributed by atoms with van der Waals surface area (Å²) in [6, 6.07) is 43.5. The third kappa shape index (κ3) is 4.07. The van der Waals surface area contributed by atoms with Crippen LogP contribution < -0.4 is 4.90 Å². The molecule has 0 N–H and O–H groups in total. The zero-order valence-corrected chi connectivity index (χ0v) is 21.7. The number of rotatable bonds is 3. The smallest absolute Gasteiger partial charge is 0.0541 e. The summed E-state index contributed by atoms with van der Waals surface area (Å²) in [5.41, 5.74) is 10.5. The Morgan fingerprint density at radius 2 is 1.10 bits per heavy atom. The maximum atomic E-state index is 4.37. The van der Waals surface area contributed by atoms with Crippen LogP contribution in [-0.4, -0.2) is 4.57 Å². The van der Waals surface area contributed by atoms with Gasteiger partial charge in [0.25, 0.3) is 0 Å². The van der Waals surface area contributed by atoms with Crippen molar-refractivity contribution in [1.82, 2.24) is 4.57 Å². The summed E-state index contributed by atoms with van der Waals surface area (Å²) in [7, 11) is 0. The van der Waals surface area contributed by atoms with Gasteiger partial charge in [0.1, 0.15) is 0 Å². The van der Waals surface area contributed by atoms with Crippen LogP contribution in [0.1, 0.15) is 5.56 Å². The van der Waals surface area contributed by atoms with Crippen molar-refractivity contribution in [2.75, 3.05) is 4.90 Å². The largest absolute Gasteiger partial charge is 0.311 e. The number of aromatic nitrogens is 1. The number of anilines is 2. The summed E-state index contributed by atoms with van der Waals surface area (Å²) in [4.78, 5) is 2.24. The van der Waals surface area contributed by atoms with E-state index in [0.717, 1.165) is 23.5 Å². The van der Waals surface area contributed by atoms with Gasteiger partial charge in [-0.1, -0.05) is 104 Å². The topological polar surface area (TPSA) is 8.17 Å². The standard InChI is InChI=1S/C37H28N2/c1-27-11-3-2-4-12-30-13-5-8-16-35(30)38(27)31-23-19-28(20-24-31)29-21-25-32(26-22-29)39-36-17-9-6-14-33(36)34-15-7-10-18-37(34)39/h2-11,13-26H,1,12H2/b4-2-,11-3-. The first kappa shape index (κ1) is 23.1. The zero-order valence-electron chi connectivity index (χ0n) is 21.7. The molecule has 2 heterocycles. The summed E-state index contributed by atoms with van der Waals surface area (Å²) in [5.74, 6) is 0. The van der Waals surface area contributed by atoms with Gasteiger partial charge in [0.2, 0.25) is 0 Å². The van der Waals surface area contributed by atoms with Crippen molar-refractivity contribution >= 4 is 33.2 Å². The lowest BCUT2D eigenvalue weighted by molar-refractivity contribution is 1.16. The monoisotopic (exact) mass is 500 g/mol. The quantitative estimate of drug-likeness (QED) is 0.235. The number of para-hydroxylation sites is 3. The minimum Gasteiger partial charge on any atom is -0.311 e. The second-order valence-electron chi connectivity index (χ2n) is 9.91. The van der Waals surface area contributed by atoms with E-state index >= 15 is 0 Å². The molecule has 0 radical (unpaired) electrons. The van der Waals surface area contributed by atoms with Crippen LogP contribution in [-0.2, 0) is 6.42 Å². The number of allylic oxidation sites excluding steroid dienone is 4. The van der Waals surface area contributed by atoms with E-state index in [2.05, 4.69) is 162 Å². The van der Waals surface area contributed by atoms with Crippen LogP contribution in [0.3, 0.4) is 0 Å². The van der Waals surface area contributed by atoms with Gasteiger partial charge in [-0.3, -0.25) is 0 Å². The van der Waals surface area contributed by atoms with E-state index in [9.17, 15) is 0 Å². The van der Waals surface area contributed by atoms with E-state index in [1.54, 1.807) is 0 Å². The maximum Gasteiger partial charge on any atom is 0.0541 e. The van der Waals surface area contributed by atoms with E-state index in [4.69, 9.17) is 0 Å². The molecule has 0 unspecified atom stereocenters. The summed E-state index contributed by atoms with van der Waals surface area (Å²) >= 11 is 0. The average molecular weight is 501 g/mol. The van der Waals surface area contributed by atoms with Gasteiger partial charge in [-0.05, 0) is 71.7 Å². The molecule has 0 fully saturated rings. The fraction of sp³-hybridized carbons (Fsp3) is 0.0270. The SMILES string of the molecule is C=C1/C=C\C=C/Cc2ccccc2N1c1ccc(-c2ccc(-n3c4ccccc4c4ccccc43)cc2)cc1. The van der Waals surface area contributed by atoms with Crippen molar-refractivity contribution in [3.05, 3.63) is 163 Å². The normalized spacial score (nSPS) is 15.0. The third-order valence-electron chi connectivity index (χ3n) is 7.56. The van der Waals surface area contributed by atoms with Crippen molar-refractivity contribution in [2.24, 2.45) is 0 Å². The predicted octanol–water partition coefficient (Wildman–Crippen LogP) is 9.77. The highest BCUT2D eigenvalue weighted by Gasteiger charge is 2.16. The summed E-state index contributed by atoms with van der Waals surface area (Å²) < 4.78 is 2.35. The van der Waals surface area contributed by atoms with E-state index in [1.165, 1.54) is 44.2 Å². The van der Waals surface area contributed by atoms with E-state index < -0.39 is 0 Å². The zero-order chi connectivity index (χ0) is 26.2. The van der Waals surface area contributed by atoms with Gasteiger partial charge in [0.15, 0.2) is 0 Å².